The van der Waals surface area contributed by atoms with Crippen molar-refractivity contribution in [1.29, 1.82) is 0 Å². The Morgan fingerprint density at radius 1 is 1.10 bits per heavy atom. The highest BCUT2D eigenvalue weighted by atomic mass is 16.6. The molecule has 0 aliphatic heterocycles. The second-order valence-electron chi connectivity index (χ2n) is 8.49. The predicted octanol–water partition coefficient (Wildman–Crippen LogP) is 1.16. The maximum Gasteiger partial charge on any atom is 0.426 e. The Morgan fingerprint density at radius 3 is 2.20 bits per heavy atom. The molecule has 2 N–H and O–H groups in total. The highest BCUT2D eigenvalue weighted by molar-refractivity contribution is 5.93. The summed E-state index contributed by atoms with van der Waals surface area (Å²) < 4.78 is 15.6. The van der Waals surface area contributed by atoms with Crippen LogP contribution in [0.25, 0.3) is 0 Å². The van der Waals surface area contributed by atoms with Gasteiger partial charge in [0.05, 0.1) is 25.2 Å². The van der Waals surface area contributed by atoms with Gasteiger partial charge in [-0.2, -0.15) is 0 Å². The van der Waals surface area contributed by atoms with Crippen LogP contribution in [0.2, 0.25) is 0 Å². The Kier molecular flexibility index (Phi) is 7.01. The van der Waals surface area contributed by atoms with Gasteiger partial charge in [-0.15, -0.1) is 0 Å². The zero-order valence-electron chi connectivity index (χ0n) is 18.4. The molecule has 2 amide bonds. The van der Waals surface area contributed by atoms with Crippen molar-refractivity contribution in [1.82, 2.24) is 10.4 Å². The molecule has 1 unspecified atom stereocenters. The molecule has 0 aromatic carbocycles. The summed E-state index contributed by atoms with van der Waals surface area (Å²) in [6.07, 6.45) is -2.17. The molecule has 2 aliphatic carbocycles. The summed E-state index contributed by atoms with van der Waals surface area (Å²) in [5.41, 5.74) is -0.201. The van der Waals surface area contributed by atoms with E-state index in [4.69, 9.17) is 14.2 Å². The van der Waals surface area contributed by atoms with E-state index < -0.39 is 58.9 Å². The van der Waals surface area contributed by atoms with E-state index in [2.05, 4.69) is 5.43 Å². The Hall–Kier alpha value is -2.36. The number of carbonyl (C=O) groups is 4. The van der Waals surface area contributed by atoms with Gasteiger partial charge in [0.1, 0.15) is 5.60 Å². The summed E-state index contributed by atoms with van der Waals surface area (Å²) in [6, 6.07) is 0. The number of nitrogens with one attached hydrogen (secondary N) is 1. The topological polar surface area (TPSA) is 131 Å². The van der Waals surface area contributed by atoms with Crippen LogP contribution in [-0.4, -0.2) is 64.5 Å². The largest absolute Gasteiger partial charge is 0.466 e. The van der Waals surface area contributed by atoms with Crippen LogP contribution >= 0.6 is 0 Å². The Labute approximate surface area is 176 Å². The molecule has 2 saturated carbocycles. The van der Waals surface area contributed by atoms with E-state index in [1.54, 1.807) is 41.5 Å². The number of hydrazine groups is 1. The molecule has 0 radical (unpaired) electrons. The molecule has 2 fully saturated rings. The average Bonchev–Trinajstić information content (AvgIpc) is 3.32. The van der Waals surface area contributed by atoms with E-state index in [1.165, 1.54) is 0 Å². The number of fused-ring (bicyclic) bond motifs is 1. The fraction of sp³-hybridized carbons (Fsp3) is 0.800. The number of hydrogen-bond acceptors (Lipinski definition) is 8. The van der Waals surface area contributed by atoms with Crippen molar-refractivity contribution in [3.05, 3.63) is 0 Å². The molecular weight excluding hydrogens is 396 g/mol. The lowest BCUT2D eigenvalue weighted by atomic mass is 9.88. The van der Waals surface area contributed by atoms with Gasteiger partial charge in [-0.25, -0.2) is 20.0 Å². The van der Waals surface area contributed by atoms with E-state index in [0.717, 1.165) is 5.01 Å². The molecular formula is C20H32N2O8. The molecule has 2 aliphatic rings. The third-order valence-electron chi connectivity index (χ3n) is 5.33. The number of ether oxygens (including phenoxy) is 3. The first kappa shape index (κ1) is 23.9. The smallest absolute Gasteiger partial charge is 0.426 e. The Bertz CT molecular complexity index is 703. The monoisotopic (exact) mass is 428 g/mol. The minimum atomic E-state index is -1.73. The molecule has 30 heavy (non-hydrogen) atoms. The van der Waals surface area contributed by atoms with E-state index in [-0.39, 0.29) is 26.1 Å². The highest BCUT2D eigenvalue weighted by Gasteiger charge is 2.78. The maximum absolute atomic E-state index is 13.1. The molecule has 10 nitrogen and oxygen atoms in total. The van der Waals surface area contributed by atoms with Crippen molar-refractivity contribution >= 4 is 23.9 Å². The van der Waals surface area contributed by atoms with Gasteiger partial charge in [0.25, 0.3) is 0 Å². The molecule has 0 aromatic heterocycles. The third-order valence-corrected chi connectivity index (χ3v) is 5.33. The van der Waals surface area contributed by atoms with Gasteiger partial charge in [0, 0.05) is 24.7 Å². The molecule has 0 bridgehead atoms. The second kappa shape index (κ2) is 8.79. The highest BCUT2D eigenvalue weighted by Crippen LogP contribution is 2.64. The number of esters is 2. The Balaban J connectivity index is 2.47. The molecule has 0 heterocycles. The van der Waals surface area contributed by atoms with Gasteiger partial charge >= 0.3 is 18.0 Å². The quantitative estimate of drug-likeness (QED) is 0.366. The van der Waals surface area contributed by atoms with Gasteiger partial charge in [0.15, 0.2) is 5.54 Å². The summed E-state index contributed by atoms with van der Waals surface area (Å²) >= 11 is 0. The fourth-order valence-corrected chi connectivity index (χ4v) is 4.30. The van der Waals surface area contributed by atoms with Gasteiger partial charge in [-0.3, -0.25) is 9.59 Å². The second-order valence-corrected chi connectivity index (χ2v) is 8.49. The van der Waals surface area contributed by atoms with Crippen molar-refractivity contribution in [2.75, 3.05) is 13.2 Å². The number of aliphatic hydroxyl groups is 1. The van der Waals surface area contributed by atoms with Crippen LogP contribution < -0.4 is 5.43 Å². The van der Waals surface area contributed by atoms with Crippen LogP contribution in [0.15, 0.2) is 0 Å². The summed E-state index contributed by atoms with van der Waals surface area (Å²) in [4.78, 5) is 50.8. The standard InChI is InChI=1S/C20H32N2O8/c1-7-12(24)22(21-18(27)30-19(4,5)6)20(17(26)29-9-3)10-11(23)13-14(15(13)20)16(25)28-8-2/h11,13-15,23H,7-10H2,1-6H3,(H,21,27)/t11-,13?,14-,15-,20-/m0/s1. The normalized spacial score (nSPS) is 29.4. The lowest BCUT2D eigenvalue weighted by molar-refractivity contribution is -0.171. The van der Waals surface area contributed by atoms with Gasteiger partial charge in [-0.1, -0.05) is 6.92 Å². The fourth-order valence-electron chi connectivity index (χ4n) is 4.30. The number of amides is 2. The number of nitrogens with zero attached hydrogens (tertiary/aromatic N) is 1. The van der Waals surface area contributed by atoms with Crippen LogP contribution in [0.1, 0.15) is 54.4 Å². The average molecular weight is 428 g/mol. The molecule has 10 heteroatoms. The summed E-state index contributed by atoms with van der Waals surface area (Å²) in [6.45, 7) is 9.99. The van der Waals surface area contributed by atoms with Crippen LogP contribution in [0.5, 0.6) is 0 Å². The van der Waals surface area contributed by atoms with Crippen LogP contribution in [0, 0.1) is 17.8 Å². The van der Waals surface area contributed by atoms with Crippen LogP contribution in [0.3, 0.4) is 0 Å². The zero-order chi connectivity index (χ0) is 22.9. The molecule has 0 saturated heterocycles. The van der Waals surface area contributed by atoms with Crippen LogP contribution in [-0.2, 0) is 28.6 Å². The zero-order valence-corrected chi connectivity index (χ0v) is 18.4. The first-order valence-electron chi connectivity index (χ1n) is 10.3. The van der Waals surface area contributed by atoms with Crippen molar-refractivity contribution in [3.63, 3.8) is 0 Å². The first-order chi connectivity index (χ1) is 13.9. The summed E-state index contributed by atoms with van der Waals surface area (Å²) in [5, 5.41) is 11.5. The SMILES string of the molecule is CCOC(=O)[C@H]1C2[C@@H](O)C[C@](C(=O)OCC)(N(NC(=O)OC(C)(C)C)C(=O)CC)[C@@H]21. The first-order valence-corrected chi connectivity index (χ1v) is 10.3. The minimum absolute atomic E-state index is 0.0265. The number of carbonyl (C=O) groups excluding carboxylic acids is 4. The molecule has 0 aromatic rings. The minimum Gasteiger partial charge on any atom is -0.466 e. The third kappa shape index (κ3) is 4.38. The predicted molar refractivity (Wildman–Crippen MR) is 104 cm³/mol. The maximum atomic E-state index is 13.1. The van der Waals surface area contributed by atoms with Crippen LogP contribution in [0.4, 0.5) is 4.79 Å². The van der Waals surface area contributed by atoms with E-state index in [1.807, 2.05) is 0 Å². The van der Waals surface area contributed by atoms with E-state index in [0.29, 0.717) is 0 Å². The summed E-state index contributed by atoms with van der Waals surface area (Å²) in [5.74, 6) is -4.00. The lowest BCUT2D eigenvalue weighted by Gasteiger charge is -2.40. The van der Waals surface area contributed by atoms with Gasteiger partial charge in [-0.05, 0) is 34.6 Å². The number of aliphatic hydroxyl groups excluding tert-OH is 1. The van der Waals surface area contributed by atoms with Crippen molar-refractivity contribution in [3.8, 4) is 0 Å². The van der Waals surface area contributed by atoms with Crippen molar-refractivity contribution in [2.24, 2.45) is 17.8 Å². The van der Waals surface area contributed by atoms with Crippen molar-refractivity contribution in [2.45, 2.75) is 71.6 Å². The van der Waals surface area contributed by atoms with Gasteiger partial charge < -0.3 is 19.3 Å². The van der Waals surface area contributed by atoms with E-state index in [9.17, 15) is 24.3 Å². The van der Waals surface area contributed by atoms with Gasteiger partial charge in [0.2, 0.25) is 5.91 Å². The molecule has 170 valence electrons. The molecule has 0 spiro atoms. The number of hydrogen-bond donors (Lipinski definition) is 2. The van der Waals surface area contributed by atoms with E-state index >= 15 is 0 Å². The molecule has 5 atom stereocenters. The molecule has 2 rings (SSSR count). The van der Waals surface area contributed by atoms with Crippen molar-refractivity contribution < 1.29 is 38.5 Å². The number of rotatable bonds is 6. The summed E-state index contributed by atoms with van der Waals surface area (Å²) in [7, 11) is 0. The Morgan fingerprint density at radius 2 is 1.70 bits per heavy atom. The lowest BCUT2D eigenvalue weighted by Crippen LogP contribution is -2.65.